The molecule has 1 amide bonds. The van der Waals surface area contributed by atoms with E-state index in [9.17, 15) is 9.59 Å². The van der Waals surface area contributed by atoms with Crippen LogP contribution in [0.15, 0.2) is 29.5 Å². The minimum absolute atomic E-state index is 0.193. The molecule has 0 saturated heterocycles. The maximum Gasteiger partial charge on any atom is 0.293 e. The Labute approximate surface area is 143 Å². The van der Waals surface area contributed by atoms with Crippen LogP contribution < -0.4 is 10.9 Å². The highest BCUT2D eigenvalue weighted by molar-refractivity contribution is 5.89. The van der Waals surface area contributed by atoms with Crippen molar-refractivity contribution in [3.8, 4) is 0 Å². The van der Waals surface area contributed by atoms with Crippen LogP contribution in [0.1, 0.15) is 38.2 Å². The number of amides is 1. The van der Waals surface area contributed by atoms with Gasteiger partial charge in [0.15, 0.2) is 5.82 Å². The molecule has 0 radical (unpaired) electrons. The first-order chi connectivity index (χ1) is 12.0. The maximum atomic E-state index is 12.7. The van der Waals surface area contributed by atoms with E-state index < -0.39 is 0 Å². The van der Waals surface area contributed by atoms with Crippen molar-refractivity contribution in [1.82, 2.24) is 29.4 Å². The monoisotopic (exact) mass is 341 g/mol. The van der Waals surface area contributed by atoms with Gasteiger partial charge < -0.3 is 5.32 Å². The molecular weight excluding hydrogens is 322 g/mol. The summed E-state index contributed by atoms with van der Waals surface area (Å²) in [6.07, 6.45) is 3.44. The highest BCUT2D eigenvalue weighted by atomic mass is 16.2. The molecule has 25 heavy (non-hydrogen) atoms. The number of hydrogen-bond donors (Lipinski definition) is 1. The van der Waals surface area contributed by atoms with Crippen molar-refractivity contribution in [1.29, 1.82) is 0 Å². The van der Waals surface area contributed by atoms with Gasteiger partial charge in [-0.1, -0.05) is 20.8 Å². The summed E-state index contributed by atoms with van der Waals surface area (Å²) < 4.78 is 2.73. The summed E-state index contributed by atoms with van der Waals surface area (Å²) in [5, 5.41) is 11.4. The Morgan fingerprint density at radius 1 is 1.32 bits per heavy atom. The van der Waals surface area contributed by atoms with Crippen LogP contribution in [0, 0.1) is 0 Å². The third kappa shape index (κ3) is 3.39. The van der Waals surface area contributed by atoms with E-state index in [1.807, 2.05) is 20.8 Å². The highest BCUT2D eigenvalue weighted by Gasteiger charge is 2.16. The number of hydrogen-bond acceptors (Lipinski definition) is 6. The largest absolute Gasteiger partial charge is 0.309 e. The smallest absolute Gasteiger partial charge is 0.293 e. The molecule has 0 atom stereocenters. The van der Waals surface area contributed by atoms with Crippen LogP contribution in [0.25, 0.3) is 5.52 Å². The molecule has 3 aromatic heterocycles. The van der Waals surface area contributed by atoms with Gasteiger partial charge in [-0.25, -0.2) is 19.2 Å². The Balaban J connectivity index is 1.94. The summed E-state index contributed by atoms with van der Waals surface area (Å²) in [6.45, 7) is 5.74. The lowest BCUT2D eigenvalue weighted by Gasteiger charge is -2.08. The third-order valence-electron chi connectivity index (χ3n) is 3.71. The Hall–Kier alpha value is -3.10. The quantitative estimate of drug-likeness (QED) is 0.742. The van der Waals surface area contributed by atoms with Gasteiger partial charge in [0, 0.05) is 12.6 Å². The number of nitrogens with zero attached hydrogens (tertiary/aromatic N) is 6. The van der Waals surface area contributed by atoms with E-state index in [1.165, 1.54) is 12.5 Å². The molecule has 3 rings (SSSR count). The van der Waals surface area contributed by atoms with E-state index in [0.29, 0.717) is 23.6 Å². The molecule has 0 aromatic carbocycles. The first-order valence-electron chi connectivity index (χ1n) is 8.05. The van der Waals surface area contributed by atoms with Crippen LogP contribution in [0.5, 0.6) is 0 Å². The van der Waals surface area contributed by atoms with E-state index in [1.54, 1.807) is 16.6 Å². The molecule has 9 heteroatoms. The van der Waals surface area contributed by atoms with Crippen LogP contribution in [0.3, 0.4) is 0 Å². The Bertz CT molecular complexity index is 960. The fourth-order valence-corrected chi connectivity index (χ4v) is 2.40. The molecule has 0 unspecified atom stereocenters. The van der Waals surface area contributed by atoms with Crippen molar-refractivity contribution >= 4 is 17.2 Å². The average Bonchev–Trinajstić information content (AvgIpc) is 3.04. The van der Waals surface area contributed by atoms with Gasteiger partial charge in [-0.05, 0) is 18.1 Å². The highest BCUT2D eigenvalue weighted by Crippen LogP contribution is 2.14. The zero-order chi connectivity index (χ0) is 18.0. The van der Waals surface area contributed by atoms with E-state index in [-0.39, 0.29) is 23.9 Å². The minimum atomic E-state index is -0.386. The minimum Gasteiger partial charge on any atom is -0.309 e. The molecule has 0 bridgehead atoms. The molecule has 0 fully saturated rings. The molecule has 3 aromatic rings. The van der Waals surface area contributed by atoms with Gasteiger partial charge in [-0.3, -0.25) is 9.59 Å². The predicted octanol–water partition coefficient (Wildman–Crippen LogP) is 1.01. The number of nitrogens with one attached hydrogen (secondary N) is 1. The fourth-order valence-electron chi connectivity index (χ4n) is 2.40. The number of carbonyl (C=O) groups excluding carboxylic acids is 1. The SMILES string of the molecule is CCc1nn(CC(=O)Nc2ccncn2)c(=O)c2cc(C(C)C)nn12. The van der Waals surface area contributed by atoms with Gasteiger partial charge >= 0.3 is 0 Å². The number of anilines is 1. The molecule has 0 aliphatic heterocycles. The van der Waals surface area contributed by atoms with Gasteiger partial charge in [0.2, 0.25) is 5.91 Å². The Morgan fingerprint density at radius 3 is 2.76 bits per heavy atom. The molecule has 130 valence electrons. The average molecular weight is 341 g/mol. The van der Waals surface area contributed by atoms with Crippen LogP contribution in [0.4, 0.5) is 5.82 Å². The summed E-state index contributed by atoms with van der Waals surface area (Å²) in [4.78, 5) is 32.6. The second kappa shape index (κ2) is 6.80. The van der Waals surface area contributed by atoms with Crippen molar-refractivity contribution < 1.29 is 4.79 Å². The summed E-state index contributed by atoms with van der Waals surface area (Å²) in [5.74, 6) is 0.800. The molecule has 0 saturated carbocycles. The molecule has 9 nitrogen and oxygen atoms in total. The lowest BCUT2D eigenvalue weighted by molar-refractivity contribution is -0.117. The Kier molecular flexibility index (Phi) is 4.55. The summed E-state index contributed by atoms with van der Waals surface area (Å²) in [7, 11) is 0. The van der Waals surface area contributed by atoms with Gasteiger partial charge in [0.05, 0.1) is 5.69 Å². The van der Waals surface area contributed by atoms with E-state index in [4.69, 9.17) is 0 Å². The molecule has 0 spiro atoms. The topological polar surface area (TPSA) is 107 Å². The summed E-state index contributed by atoms with van der Waals surface area (Å²) in [5.41, 5.74) is 0.886. The second-order valence-corrected chi connectivity index (χ2v) is 5.90. The first-order valence-corrected chi connectivity index (χ1v) is 8.05. The van der Waals surface area contributed by atoms with Crippen molar-refractivity contribution in [3.05, 3.63) is 46.5 Å². The second-order valence-electron chi connectivity index (χ2n) is 5.90. The number of carbonyl (C=O) groups is 1. The van der Waals surface area contributed by atoms with Gasteiger partial charge in [0.25, 0.3) is 5.56 Å². The fraction of sp³-hybridized carbons (Fsp3) is 0.375. The lowest BCUT2D eigenvalue weighted by Crippen LogP contribution is -2.32. The number of fused-ring (bicyclic) bond motifs is 1. The third-order valence-corrected chi connectivity index (χ3v) is 3.71. The zero-order valence-electron chi connectivity index (χ0n) is 14.3. The van der Waals surface area contributed by atoms with E-state index in [2.05, 4.69) is 25.5 Å². The van der Waals surface area contributed by atoms with Crippen molar-refractivity contribution in [2.45, 2.75) is 39.7 Å². The number of rotatable bonds is 5. The van der Waals surface area contributed by atoms with Gasteiger partial charge in [-0.2, -0.15) is 10.2 Å². The number of aryl methyl sites for hydroxylation is 1. The molecule has 3 heterocycles. The van der Waals surface area contributed by atoms with Crippen LogP contribution >= 0.6 is 0 Å². The Morgan fingerprint density at radius 2 is 2.12 bits per heavy atom. The maximum absolute atomic E-state index is 12.7. The van der Waals surface area contributed by atoms with E-state index >= 15 is 0 Å². The first kappa shape index (κ1) is 16.7. The summed E-state index contributed by atoms with van der Waals surface area (Å²) in [6, 6.07) is 3.33. The predicted molar refractivity (Wildman–Crippen MR) is 91.4 cm³/mol. The van der Waals surface area contributed by atoms with Gasteiger partial charge in [-0.15, -0.1) is 0 Å². The van der Waals surface area contributed by atoms with Gasteiger partial charge in [0.1, 0.15) is 24.2 Å². The lowest BCUT2D eigenvalue weighted by atomic mass is 10.1. The van der Waals surface area contributed by atoms with Crippen LogP contribution in [-0.4, -0.2) is 35.3 Å². The van der Waals surface area contributed by atoms with Crippen LogP contribution in [-0.2, 0) is 17.8 Å². The van der Waals surface area contributed by atoms with Crippen molar-refractivity contribution in [2.24, 2.45) is 0 Å². The standard InChI is InChI=1S/C16H19N7O2/c1-4-14-21-22(8-15(24)19-13-5-6-17-9-18-13)16(25)12-7-11(10(2)3)20-23(12)14/h5-7,9-10H,4,8H2,1-3H3,(H,17,18,19,24). The molecule has 0 aliphatic carbocycles. The zero-order valence-corrected chi connectivity index (χ0v) is 14.3. The number of aromatic nitrogens is 6. The molecule has 1 N–H and O–H groups in total. The van der Waals surface area contributed by atoms with Crippen LogP contribution in [0.2, 0.25) is 0 Å². The summed E-state index contributed by atoms with van der Waals surface area (Å²) >= 11 is 0. The normalized spacial score (nSPS) is 11.2. The van der Waals surface area contributed by atoms with Crippen molar-refractivity contribution in [3.63, 3.8) is 0 Å². The van der Waals surface area contributed by atoms with E-state index in [0.717, 1.165) is 10.4 Å². The molecular formula is C16H19N7O2. The van der Waals surface area contributed by atoms with Crippen molar-refractivity contribution in [2.75, 3.05) is 5.32 Å². The molecule has 0 aliphatic rings.